The van der Waals surface area contributed by atoms with Crippen LogP contribution in [0.15, 0.2) is 24.3 Å². The van der Waals surface area contributed by atoms with Gasteiger partial charge in [-0.05, 0) is 30.0 Å². The smallest absolute Gasteiger partial charge is 0.0818 e. The molecule has 0 bridgehead atoms. The Morgan fingerprint density at radius 2 is 1.76 bits per heavy atom. The van der Waals surface area contributed by atoms with Gasteiger partial charge in [0.05, 0.1) is 6.10 Å². The molecule has 0 heterocycles. The Morgan fingerprint density at radius 3 is 2.29 bits per heavy atom. The molecule has 0 aliphatic rings. The molecule has 2 atom stereocenters. The zero-order chi connectivity index (χ0) is 12.7. The summed E-state index contributed by atoms with van der Waals surface area (Å²) in [5, 5.41) is 10.3. The lowest BCUT2D eigenvalue weighted by Crippen LogP contribution is -2.12. The third-order valence-corrected chi connectivity index (χ3v) is 3.43. The maximum absolute atomic E-state index is 10.3. The van der Waals surface area contributed by atoms with Gasteiger partial charge in [0.15, 0.2) is 0 Å². The summed E-state index contributed by atoms with van der Waals surface area (Å²) in [5.41, 5.74) is 7.39. The molecule has 0 saturated heterocycles. The molecule has 1 rings (SSSR count). The molecule has 0 saturated carbocycles. The minimum atomic E-state index is -0.350. The third-order valence-electron chi connectivity index (χ3n) is 3.43. The van der Waals surface area contributed by atoms with Gasteiger partial charge >= 0.3 is 0 Å². The molecule has 0 radical (unpaired) electrons. The number of aliphatic hydroxyl groups excluding tert-OH is 1. The van der Waals surface area contributed by atoms with Crippen LogP contribution in [0.25, 0.3) is 0 Å². The Labute approximate surface area is 105 Å². The van der Waals surface area contributed by atoms with Crippen LogP contribution in [-0.4, -0.2) is 5.11 Å². The quantitative estimate of drug-likeness (QED) is 0.556. The number of unbranched alkanes of at least 4 members (excludes halogenated alkanes) is 2. The predicted molar refractivity (Wildman–Crippen MR) is 73.7 cm³/mol. The Bertz CT molecular complexity index is 307. The van der Waals surface area contributed by atoms with Crippen molar-refractivity contribution in [3.05, 3.63) is 29.8 Å². The Balaban J connectivity index is 2.58. The van der Waals surface area contributed by atoms with Crippen LogP contribution in [0.3, 0.4) is 0 Å². The minimum absolute atomic E-state index is 0.350. The van der Waals surface area contributed by atoms with E-state index >= 15 is 0 Å². The van der Waals surface area contributed by atoms with E-state index in [-0.39, 0.29) is 6.10 Å². The van der Waals surface area contributed by atoms with Crippen LogP contribution < -0.4 is 5.73 Å². The summed E-state index contributed by atoms with van der Waals surface area (Å²) in [4.78, 5) is 0. The van der Waals surface area contributed by atoms with E-state index in [0.29, 0.717) is 5.92 Å². The fraction of sp³-hybridized carbons (Fsp3) is 0.600. The molecule has 2 unspecified atom stereocenters. The van der Waals surface area contributed by atoms with Gasteiger partial charge in [-0.15, -0.1) is 0 Å². The first-order chi connectivity index (χ1) is 8.19. The second-order valence-electron chi connectivity index (χ2n) is 4.78. The van der Waals surface area contributed by atoms with E-state index in [1.165, 1.54) is 19.3 Å². The van der Waals surface area contributed by atoms with Gasteiger partial charge in [-0.1, -0.05) is 51.7 Å². The maximum Gasteiger partial charge on any atom is 0.0818 e. The van der Waals surface area contributed by atoms with Crippen molar-refractivity contribution in [3.8, 4) is 0 Å². The lowest BCUT2D eigenvalue weighted by Gasteiger charge is -2.22. The largest absolute Gasteiger partial charge is 0.399 e. The van der Waals surface area contributed by atoms with E-state index in [2.05, 4.69) is 13.8 Å². The number of hydrogen-bond acceptors (Lipinski definition) is 2. The molecule has 0 aliphatic heterocycles. The monoisotopic (exact) mass is 235 g/mol. The highest BCUT2D eigenvalue weighted by molar-refractivity contribution is 5.39. The average molecular weight is 235 g/mol. The standard InChI is InChI=1S/C15H25NO/c1-3-5-6-7-12(4-2)15(17)13-8-10-14(16)11-9-13/h8-12,15,17H,3-7,16H2,1-2H3. The fourth-order valence-electron chi connectivity index (χ4n) is 2.21. The van der Waals surface area contributed by atoms with Crippen LogP contribution >= 0.6 is 0 Å². The minimum Gasteiger partial charge on any atom is -0.399 e. The van der Waals surface area contributed by atoms with Crippen LogP contribution in [0.4, 0.5) is 5.69 Å². The normalized spacial score (nSPS) is 14.5. The predicted octanol–water partition coefficient (Wildman–Crippen LogP) is 3.91. The second kappa shape index (κ2) is 7.33. The van der Waals surface area contributed by atoms with Gasteiger partial charge in [0, 0.05) is 5.69 Å². The van der Waals surface area contributed by atoms with Gasteiger partial charge in [0.2, 0.25) is 0 Å². The lowest BCUT2D eigenvalue weighted by molar-refractivity contribution is 0.0987. The van der Waals surface area contributed by atoms with E-state index in [1.54, 1.807) is 0 Å². The number of hydrogen-bond donors (Lipinski definition) is 2. The highest BCUT2D eigenvalue weighted by atomic mass is 16.3. The van der Waals surface area contributed by atoms with Crippen LogP contribution in [-0.2, 0) is 0 Å². The number of nitrogen functional groups attached to an aromatic ring is 1. The van der Waals surface area contributed by atoms with Crippen LogP contribution in [0.1, 0.15) is 57.6 Å². The first-order valence-electron chi connectivity index (χ1n) is 6.72. The molecule has 0 aromatic heterocycles. The molecule has 96 valence electrons. The molecule has 17 heavy (non-hydrogen) atoms. The molecule has 0 amide bonds. The molecule has 1 aromatic rings. The van der Waals surface area contributed by atoms with Gasteiger partial charge in [-0.25, -0.2) is 0 Å². The van der Waals surface area contributed by atoms with E-state index < -0.39 is 0 Å². The van der Waals surface area contributed by atoms with Crippen LogP contribution in [0, 0.1) is 5.92 Å². The van der Waals surface area contributed by atoms with E-state index in [4.69, 9.17) is 5.73 Å². The zero-order valence-electron chi connectivity index (χ0n) is 11.0. The van der Waals surface area contributed by atoms with E-state index in [0.717, 1.165) is 24.1 Å². The van der Waals surface area contributed by atoms with Crippen molar-refractivity contribution in [2.24, 2.45) is 5.92 Å². The van der Waals surface area contributed by atoms with Crippen molar-refractivity contribution >= 4 is 5.69 Å². The maximum atomic E-state index is 10.3. The summed E-state index contributed by atoms with van der Waals surface area (Å²) >= 11 is 0. The summed E-state index contributed by atoms with van der Waals surface area (Å²) in [7, 11) is 0. The molecule has 2 heteroatoms. The Hall–Kier alpha value is -1.02. The molecular weight excluding hydrogens is 210 g/mol. The Kier molecular flexibility index (Phi) is 6.06. The molecule has 0 spiro atoms. The van der Waals surface area contributed by atoms with Crippen molar-refractivity contribution in [1.29, 1.82) is 0 Å². The second-order valence-corrected chi connectivity index (χ2v) is 4.78. The van der Waals surface area contributed by atoms with Gasteiger partial charge in [-0.2, -0.15) is 0 Å². The molecule has 0 fully saturated rings. The highest BCUT2D eigenvalue weighted by Crippen LogP contribution is 2.29. The van der Waals surface area contributed by atoms with Crippen molar-refractivity contribution in [3.63, 3.8) is 0 Å². The van der Waals surface area contributed by atoms with Gasteiger partial charge in [0.1, 0.15) is 0 Å². The average Bonchev–Trinajstić information content (AvgIpc) is 2.35. The van der Waals surface area contributed by atoms with Crippen molar-refractivity contribution < 1.29 is 5.11 Å². The van der Waals surface area contributed by atoms with Crippen LogP contribution in [0.5, 0.6) is 0 Å². The van der Waals surface area contributed by atoms with E-state index in [9.17, 15) is 5.11 Å². The van der Waals surface area contributed by atoms with Crippen molar-refractivity contribution in [1.82, 2.24) is 0 Å². The number of rotatable bonds is 7. The Morgan fingerprint density at radius 1 is 1.12 bits per heavy atom. The number of benzene rings is 1. The molecule has 1 aromatic carbocycles. The van der Waals surface area contributed by atoms with Gasteiger partial charge in [0.25, 0.3) is 0 Å². The van der Waals surface area contributed by atoms with Gasteiger partial charge in [-0.3, -0.25) is 0 Å². The highest BCUT2D eigenvalue weighted by Gasteiger charge is 2.18. The number of aliphatic hydroxyl groups is 1. The van der Waals surface area contributed by atoms with Gasteiger partial charge < -0.3 is 10.8 Å². The molecular formula is C15H25NO. The zero-order valence-corrected chi connectivity index (χ0v) is 11.0. The van der Waals surface area contributed by atoms with Crippen molar-refractivity contribution in [2.45, 2.75) is 52.1 Å². The first kappa shape index (κ1) is 14.0. The summed E-state index contributed by atoms with van der Waals surface area (Å²) in [6.45, 7) is 4.36. The fourth-order valence-corrected chi connectivity index (χ4v) is 2.21. The third kappa shape index (κ3) is 4.39. The van der Waals surface area contributed by atoms with Crippen molar-refractivity contribution in [2.75, 3.05) is 5.73 Å². The van der Waals surface area contributed by atoms with E-state index in [1.807, 2.05) is 24.3 Å². The summed E-state index contributed by atoms with van der Waals surface area (Å²) in [6.07, 6.45) is 5.48. The topological polar surface area (TPSA) is 46.2 Å². The SMILES string of the molecule is CCCCCC(CC)C(O)c1ccc(N)cc1. The molecule has 3 N–H and O–H groups in total. The summed E-state index contributed by atoms with van der Waals surface area (Å²) in [6, 6.07) is 7.58. The first-order valence-corrected chi connectivity index (χ1v) is 6.72. The number of anilines is 1. The summed E-state index contributed by atoms with van der Waals surface area (Å²) in [5.74, 6) is 0.366. The molecule has 0 aliphatic carbocycles. The number of nitrogens with two attached hydrogens (primary N) is 1. The molecule has 2 nitrogen and oxygen atoms in total. The lowest BCUT2D eigenvalue weighted by atomic mass is 9.89. The van der Waals surface area contributed by atoms with Crippen LogP contribution in [0.2, 0.25) is 0 Å². The summed E-state index contributed by atoms with van der Waals surface area (Å²) < 4.78 is 0.